The molecule has 2 aromatic carbocycles. The van der Waals surface area contributed by atoms with Gasteiger partial charge in [-0.2, -0.15) is 0 Å². The van der Waals surface area contributed by atoms with E-state index < -0.39 is 10.7 Å². The third-order valence-corrected chi connectivity index (χ3v) is 4.33. The number of nitro benzene ring substituents is 1. The molecule has 0 amide bonds. The third-order valence-electron chi connectivity index (χ3n) is 3.51. The minimum absolute atomic E-state index is 0.0393. The first-order chi connectivity index (χ1) is 13.0. The fraction of sp³-hybridized carbons (Fsp3) is 0.118. The van der Waals surface area contributed by atoms with Gasteiger partial charge in [-0.15, -0.1) is 10.2 Å². The van der Waals surface area contributed by atoms with E-state index in [2.05, 4.69) is 10.2 Å². The summed E-state index contributed by atoms with van der Waals surface area (Å²) in [5.74, 6) is -0.833. The van der Waals surface area contributed by atoms with Crippen LogP contribution in [0.15, 0.2) is 52.1 Å². The molecule has 8 nitrogen and oxygen atoms in total. The van der Waals surface area contributed by atoms with Crippen molar-refractivity contribution in [1.29, 1.82) is 0 Å². The van der Waals surface area contributed by atoms with Crippen molar-refractivity contribution in [3.05, 3.63) is 64.0 Å². The highest BCUT2D eigenvalue weighted by Gasteiger charge is 2.15. The Hall–Kier alpha value is -3.27. The number of benzene rings is 2. The number of carbonyl (C=O) groups is 1. The molecule has 0 aliphatic rings. The lowest BCUT2D eigenvalue weighted by Gasteiger charge is -2.03. The minimum atomic E-state index is -0.626. The Kier molecular flexibility index (Phi) is 5.46. The van der Waals surface area contributed by atoms with Gasteiger partial charge in [-0.05, 0) is 24.3 Å². The molecule has 0 atom stereocenters. The monoisotopic (exact) mass is 389 g/mol. The summed E-state index contributed by atoms with van der Waals surface area (Å²) in [7, 11) is 1.34. The number of halogens is 1. The van der Waals surface area contributed by atoms with Crippen LogP contribution in [-0.4, -0.2) is 33.8 Å². The molecule has 27 heavy (non-hydrogen) atoms. The van der Waals surface area contributed by atoms with Crippen LogP contribution in [0.4, 0.5) is 10.1 Å². The molecule has 1 aromatic heterocycles. The fourth-order valence-corrected chi connectivity index (χ4v) is 2.85. The molecule has 0 aliphatic carbocycles. The van der Waals surface area contributed by atoms with E-state index in [9.17, 15) is 19.3 Å². The summed E-state index contributed by atoms with van der Waals surface area (Å²) in [6.07, 6.45) is 0. The van der Waals surface area contributed by atoms with Crippen LogP contribution in [0.5, 0.6) is 5.75 Å². The number of Topliss-reactive ketones (excluding diaryl/α,β-unsaturated/α-hetero) is 1. The number of methoxy groups -OCH3 is 1. The number of hydrogen-bond acceptors (Lipinski definition) is 8. The summed E-state index contributed by atoms with van der Waals surface area (Å²) < 4.78 is 23.9. The van der Waals surface area contributed by atoms with Crippen LogP contribution in [0.3, 0.4) is 0 Å². The van der Waals surface area contributed by atoms with Crippen LogP contribution in [0.25, 0.3) is 11.5 Å². The predicted octanol–water partition coefficient (Wildman–Crippen LogP) is 3.77. The lowest BCUT2D eigenvalue weighted by atomic mass is 10.1. The van der Waals surface area contributed by atoms with Gasteiger partial charge >= 0.3 is 0 Å². The molecule has 0 spiro atoms. The number of ketones is 1. The Labute approximate surface area is 156 Å². The quantitative estimate of drug-likeness (QED) is 0.260. The largest absolute Gasteiger partial charge is 0.494 e. The van der Waals surface area contributed by atoms with Gasteiger partial charge in [0.1, 0.15) is 0 Å². The second kappa shape index (κ2) is 7.96. The van der Waals surface area contributed by atoms with E-state index in [4.69, 9.17) is 9.15 Å². The van der Waals surface area contributed by atoms with Gasteiger partial charge in [0, 0.05) is 23.3 Å². The maximum absolute atomic E-state index is 13.7. The van der Waals surface area contributed by atoms with Gasteiger partial charge in [-0.3, -0.25) is 14.9 Å². The van der Waals surface area contributed by atoms with E-state index >= 15 is 0 Å². The van der Waals surface area contributed by atoms with Crippen molar-refractivity contribution in [2.24, 2.45) is 0 Å². The molecule has 0 saturated heterocycles. The van der Waals surface area contributed by atoms with Crippen LogP contribution in [0, 0.1) is 15.9 Å². The standard InChI is InChI=1S/C17H12FN3O5S/c1-25-15-6-5-10(8-13(15)18)14(22)9-27-17-20-19-16(26-17)11-3-2-4-12(7-11)21(23)24/h2-8H,9H2,1H3. The maximum Gasteiger partial charge on any atom is 0.277 e. The zero-order valence-corrected chi connectivity index (χ0v) is 14.7. The van der Waals surface area contributed by atoms with E-state index in [-0.39, 0.29) is 39.6 Å². The summed E-state index contributed by atoms with van der Waals surface area (Å²) in [5, 5.41) is 18.6. The van der Waals surface area contributed by atoms with Crippen LogP contribution in [-0.2, 0) is 0 Å². The highest BCUT2D eigenvalue weighted by Crippen LogP contribution is 2.26. The zero-order valence-electron chi connectivity index (χ0n) is 13.9. The van der Waals surface area contributed by atoms with Crippen LogP contribution in [0.1, 0.15) is 10.4 Å². The average Bonchev–Trinajstić information content (AvgIpc) is 3.15. The predicted molar refractivity (Wildman–Crippen MR) is 94.4 cm³/mol. The number of nitrogens with zero attached hydrogens (tertiary/aromatic N) is 3. The highest BCUT2D eigenvalue weighted by molar-refractivity contribution is 7.99. The molecular weight excluding hydrogens is 377 g/mol. The Morgan fingerprint density at radius 2 is 2.11 bits per heavy atom. The van der Waals surface area contributed by atoms with Crippen molar-refractivity contribution in [2.75, 3.05) is 12.9 Å². The second-order valence-corrected chi connectivity index (χ2v) is 6.17. The molecule has 0 bridgehead atoms. The molecule has 3 rings (SSSR count). The lowest BCUT2D eigenvalue weighted by molar-refractivity contribution is -0.384. The van der Waals surface area contributed by atoms with Crippen molar-refractivity contribution in [2.45, 2.75) is 5.22 Å². The SMILES string of the molecule is COc1ccc(C(=O)CSc2nnc(-c3cccc([N+](=O)[O-])c3)o2)cc1F. The van der Waals surface area contributed by atoms with Crippen LogP contribution < -0.4 is 4.74 Å². The van der Waals surface area contributed by atoms with Crippen LogP contribution in [0.2, 0.25) is 0 Å². The summed E-state index contributed by atoms with van der Waals surface area (Å²) in [6.45, 7) is 0. The Bertz CT molecular complexity index is 1010. The number of nitro groups is 1. The van der Waals surface area contributed by atoms with Gasteiger partial charge in [0.25, 0.3) is 10.9 Å². The maximum atomic E-state index is 13.7. The van der Waals surface area contributed by atoms with Crippen molar-refractivity contribution in [3.8, 4) is 17.2 Å². The first-order valence-corrected chi connectivity index (χ1v) is 8.54. The van der Waals surface area contributed by atoms with E-state index in [0.29, 0.717) is 5.56 Å². The number of rotatable bonds is 7. The number of hydrogen-bond donors (Lipinski definition) is 0. The molecule has 0 radical (unpaired) electrons. The van der Waals surface area contributed by atoms with Crippen molar-refractivity contribution < 1.29 is 23.3 Å². The minimum Gasteiger partial charge on any atom is -0.494 e. The van der Waals surface area contributed by atoms with E-state index in [1.807, 2.05) is 0 Å². The Morgan fingerprint density at radius 1 is 1.30 bits per heavy atom. The van der Waals surface area contributed by atoms with E-state index in [0.717, 1.165) is 17.8 Å². The molecule has 1 heterocycles. The number of thioether (sulfide) groups is 1. The van der Waals surface area contributed by atoms with Crippen molar-refractivity contribution in [3.63, 3.8) is 0 Å². The average molecular weight is 389 g/mol. The summed E-state index contributed by atoms with van der Waals surface area (Å²) in [4.78, 5) is 22.5. The molecule has 0 unspecified atom stereocenters. The first-order valence-electron chi connectivity index (χ1n) is 7.56. The zero-order chi connectivity index (χ0) is 19.4. The van der Waals surface area contributed by atoms with E-state index in [1.165, 1.54) is 37.4 Å². The van der Waals surface area contributed by atoms with Gasteiger partial charge in [0.15, 0.2) is 17.3 Å². The van der Waals surface area contributed by atoms with Crippen molar-refractivity contribution in [1.82, 2.24) is 10.2 Å². The van der Waals surface area contributed by atoms with E-state index in [1.54, 1.807) is 6.07 Å². The molecular formula is C17H12FN3O5S. The fourth-order valence-electron chi connectivity index (χ4n) is 2.19. The van der Waals surface area contributed by atoms with Gasteiger partial charge < -0.3 is 9.15 Å². The molecule has 138 valence electrons. The Balaban J connectivity index is 1.67. The smallest absolute Gasteiger partial charge is 0.277 e. The Morgan fingerprint density at radius 3 is 2.81 bits per heavy atom. The lowest BCUT2D eigenvalue weighted by Crippen LogP contribution is -2.03. The summed E-state index contributed by atoms with van der Waals surface area (Å²) in [5.41, 5.74) is 0.489. The van der Waals surface area contributed by atoms with Gasteiger partial charge in [-0.25, -0.2) is 4.39 Å². The molecule has 0 N–H and O–H groups in total. The number of carbonyl (C=O) groups excluding carboxylic acids is 1. The molecule has 0 saturated carbocycles. The topological polar surface area (TPSA) is 108 Å². The number of aromatic nitrogens is 2. The second-order valence-electron chi connectivity index (χ2n) is 5.24. The summed E-state index contributed by atoms with van der Waals surface area (Å²) >= 11 is 0.988. The first kappa shape index (κ1) is 18.5. The molecule has 0 aliphatic heterocycles. The normalized spacial score (nSPS) is 10.6. The van der Waals surface area contributed by atoms with Crippen molar-refractivity contribution >= 4 is 23.2 Å². The van der Waals surface area contributed by atoms with Crippen LogP contribution >= 0.6 is 11.8 Å². The molecule has 10 heteroatoms. The summed E-state index contributed by atoms with van der Waals surface area (Å²) in [6, 6.07) is 9.71. The molecule has 0 fully saturated rings. The highest BCUT2D eigenvalue weighted by atomic mass is 32.2. The third kappa shape index (κ3) is 4.29. The van der Waals surface area contributed by atoms with Gasteiger partial charge in [-0.1, -0.05) is 17.8 Å². The molecule has 3 aromatic rings. The van der Waals surface area contributed by atoms with Gasteiger partial charge in [0.2, 0.25) is 5.89 Å². The van der Waals surface area contributed by atoms with Gasteiger partial charge in [0.05, 0.1) is 17.8 Å². The number of non-ortho nitro benzene ring substituents is 1. The number of ether oxygens (including phenoxy) is 1.